The fraction of sp³-hybridized carbons (Fsp3) is 0.263. The fourth-order valence-corrected chi connectivity index (χ4v) is 4.49. The van der Waals surface area contributed by atoms with E-state index in [9.17, 15) is 9.59 Å². The van der Waals surface area contributed by atoms with E-state index < -0.39 is 0 Å². The lowest BCUT2D eigenvalue weighted by atomic mass is 10.2. The number of nitrogens with zero attached hydrogens (tertiary/aromatic N) is 3. The third-order valence-electron chi connectivity index (χ3n) is 4.29. The first-order chi connectivity index (χ1) is 14.1. The molecule has 0 aliphatic carbocycles. The Labute approximate surface area is 174 Å². The predicted molar refractivity (Wildman–Crippen MR) is 116 cm³/mol. The van der Waals surface area contributed by atoms with Crippen molar-refractivity contribution in [3.05, 3.63) is 45.7 Å². The molecule has 0 saturated heterocycles. The molecule has 2 N–H and O–H groups in total. The van der Waals surface area contributed by atoms with Crippen LogP contribution in [0.1, 0.15) is 5.69 Å². The highest BCUT2D eigenvalue weighted by Crippen LogP contribution is 2.25. The summed E-state index contributed by atoms with van der Waals surface area (Å²) in [6.07, 6.45) is 0. The van der Waals surface area contributed by atoms with E-state index in [0.29, 0.717) is 34.5 Å². The van der Waals surface area contributed by atoms with Gasteiger partial charge < -0.3 is 15.0 Å². The van der Waals surface area contributed by atoms with Crippen molar-refractivity contribution in [1.29, 1.82) is 0 Å². The second kappa shape index (κ2) is 8.36. The minimum atomic E-state index is -0.198. The highest BCUT2D eigenvalue weighted by Gasteiger charge is 2.17. The molecule has 0 aliphatic rings. The van der Waals surface area contributed by atoms with Crippen LogP contribution in [0.3, 0.4) is 0 Å². The Balaban J connectivity index is 1.66. The second-order valence-electron chi connectivity index (χ2n) is 6.37. The SMILES string of the molecule is COCCn1c(SCC(=O)Nc2nc(C)cs2)nc2c([nH]c3ccccc32)c1=O. The van der Waals surface area contributed by atoms with Gasteiger partial charge in [-0.3, -0.25) is 14.2 Å². The molecule has 0 fully saturated rings. The number of benzene rings is 1. The van der Waals surface area contributed by atoms with Crippen molar-refractivity contribution in [3.63, 3.8) is 0 Å². The molecule has 29 heavy (non-hydrogen) atoms. The van der Waals surface area contributed by atoms with Crippen molar-refractivity contribution in [1.82, 2.24) is 19.5 Å². The third kappa shape index (κ3) is 4.04. The molecule has 1 aromatic carbocycles. The molecule has 4 aromatic rings. The van der Waals surface area contributed by atoms with Gasteiger partial charge in [0, 0.05) is 23.4 Å². The Morgan fingerprint density at radius 2 is 2.17 bits per heavy atom. The van der Waals surface area contributed by atoms with Gasteiger partial charge >= 0.3 is 0 Å². The minimum absolute atomic E-state index is 0.117. The van der Waals surface area contributed by atoms with Gasteiger partial charge in [-0.05, 0) is 13.0 Å². The molecule has 0 atom stereocenters. The average molecular weight is 430 g/mol. The lowest BCUT2D eigenvalue weighted by Crippen LogP contribution is -2.26. The number of aromatic amines is 1. The van der Waals surface area contributed by atoms with Gasteiger partial charge in [-0.15, -0.1) is 11.3 Å². The van der Waals surface area contributed by atoms with Gasteiger partial charge in [0.2, 0.25) is 5.91 Å². The van der Waals surface area contributed by atoms with Gasteiger partial charge in [0.1, 0.15) is 11.0 Å². The number of ether oxygens (including phenoxy) is 1. The van der Waals surface area contributed by atoms with Gasteiger partial charge in [-0.1, -0.05) is 30.0 Å². The molecule has 0 saturated carbocycles. The third-order valence-corrected chi connectivity index (χ3v) is 6.14. The number of anilines is 1. The lowest BCUT2D eigenvalue weighted by molar-refractivity contribution is -0.113. The van der Waals surface area contributed by atoms with Crippen molar-refractivity contribution in [3.8, 4) is 0 Å². The maximum absolute atomic E-state index is 13.1. The van der Waals surface area contributed by atoms with Gasteiger partial charge in [-0.2, -0.15) is 0 Å². The Hall–Kier alpha value is -2.69. The molecule has 3 aromatic heterocycles. The quantitative estimate of drug-likeness (QED) is 0.346. The number of carbonyl (C=O) groups is 1. The number of rotatable bonds is 7. The van der Waals surface area contributed by atoms with E-state index in [4.69, 9.17) is 9.72 Å². The van der Waals surface area contributed by atoms with Crippen molar-refractivity contribution in [2.24, 2.45) is 0 Å². The molecule has 0 spiro atoms. The number of thiazole rings is 1. The number of amides is 1. The second-order valence-corrected chi connectivity index (χ2v) is 8.17. The minimum Gasteiger partial charge on any atom is -0.383 e. The molecule has 4 rings (SSSR count). The van der Waals surface area contributed by atoms with E-state index in [-0.39, 0.29) is 17.2 Å². The van der Waals surface area contributed by atoms with Crippen LogP contribution >= 0.6 is 23.1 Å². The summed E-state index contributed by atoms with van der Waals surface area (Å²) in [7, 11) is 1.58. The molecule has 0 radical (unpaired) electrons. The largest absolute Gasteiger partial charge is 0.383 e. The average Bonchev–Trinajstić information content (AvgIpc) is 3.29. The molecule has 0 aliphatic heterocycles. The van der Waals surface area contributed by atoms with E-state index in [2.05, 4.69) is 15.3 Å². The molecule has 3 heterocycles. The summed E-state index contributed by atoms with van der Waals surface area (Å²) in [5, 5.41) is 6.57. The van der Waals surface area contributed by atoms with Crippen LogP contribution in [0, 0.1) is 6.92 Å². The van der Waals surface area contributed by atoms with E-state index in [1.165, 1.54) is 23.1 Å². The first kappa shape index (κ1) is 19.6. The highest BCUT2D eigenvalue weighted by molar-refractivity contribution is 7.99. The fourth-order valence-electron chi connectivity index (χ4n) is 2.96. The number of hydrogen-bond acceptors (Lipinski definition) is 7. The molecule has 0 unspecified atom stereocenters. The van der Waals surface area contributed by atoms with Gasteiger partial charge in [0.05, 0.1) is 24.6 Å². The summed E-state index contributed by atoms with van der Waals surface area (Å²) in [6, 6.07) is 7.64. The summed E-state index contributed by atoms with van der Waals surface area (Å²) in [6.45, 7) is 2.59. The van der Waals surface area contributed by atoms with Crippen molar-refractivity contribution < 1.29 is 9.53 Å². The van der Waals surface area contributed by atoms with Gasteiger partial charge in [0.25, 0.3) is 5.56 Å². The van der Waals surface area contributed by atoms with E-state index in [0.717, 1.165) is 16.6 Å². The number of hydrogen-bond donors (Lipinski definition) is 2. The number of aryl methyl sites for hydroxylation is 1. The van der Waals surface area contributed by atoms with E-state index in [1.54, 1.807) is 11.7 Å². The molecule has 150 valence electrons. The summed E-state index contributed by atoms with van der Waals surface area (Å²) < 4.78 is 6.69. The highest BCUT2D eigenvalue weighted by atomic mass is 32.2. The first-order valence-electron chi connectivity index (χ1n) is 8.92. The molecule has 1 amide bonds. The van der Waals surface area contributed by atoms with Crippen molar-refractivity contribution >= 4 is 56.1 Å². The number of nitrogens with one attached hydrogen (secondary N) is 2. The number of fused-ring (bicyclic) bond motifs is 3. The summed E-state index contributed by atoms with van der Waals surface area (Å²) in [4.78, 5) is 37.5. The van der Waals surface area contributed by atoms with Crippen molar-refractivity contribution in [2.75, 3.05) is 24.8 Å². The van der Waals surface area contributed by atoms with Gasteiger partial charge in [-0.25, -0.2) is 9.97 Å². The Bertz CT molecular complexity index is 1240. The molecule has 10 heteroatoms. The Kier molecular flexibility index (Phi) is 5.65. The number of H-pyrrole nitrogens is 1. The smallest absolute Gasteiger partial charge is 0.278 e. The molecule has 0 bridgehead atoms. The van der Waals surface area contributed by atoms with Crippen LogP contribution in [0.2, 0.25) is 0 Å². The summed E-state index contributed by atoms with van der Waals surface area (Å²) in [5.41, 5.74) is 2.59. The number of carbonyl (C=O) groups excluding carboxylic acids is 1. The zero-order valence-electron chi connectivity index (χ0n) is 15.9. The van der Waals surface area contributed by atoms with E-state index >= 15 is 0 Å². The molecular formula is C19H19N5O3S2. The Morgan fingerprint density at radius 1 is 1.34 bits per heavy atom. The molecule has 8 nitrogen and oxygen atoms in total. The zero-order chi connectivity index (χ0) is 20.4. The maximum atomic E-state index is 13.1. The van der Waals surface area contributed by atoms with Gasteiger partial charge in [0.15, 0.2) is 10.3 Å². The first-order valence-corrected chi connectivity index (χ1v) is 10.8. The maximum Gasteiger partial charge on any atom is 0.278 e. The van der Waals surface area contributed by atoms with E-state index in [1.807, 2.05) is 36.6 Å². The van der Waals surface area contributed by atoms with Crippen LogP contribution in [-0.2, 0) is 16.1 Å². The number of thioether (sulfide) groups is 1. The molecular weight excluding hydrogens is 410 g/mol. The standard InChI is InChI=1S/C19H19N5O3S2/c1-11-9-28-18(20-11)22-14(25)10-29-19-23-15-12-5-3-4-6-13(12)21-16(15)17(26)24(19)7-8-27-2/h3-6,9,21H,7-8,10H2,1-2H3,(H,20,22,25). The summed E-state index contributed by atoms with van der Waals surface area (Å²) in [5.74, 6) is -0.0813. The van der Waals surface area contributed by atoms with Crippen LogP contribution < -0.4 is 10.9 Å². The van der Waals surface area contributed by atoms with Crippen LogP contribution in [0.15, 0.2) is 39.6 Å². The predicted octanol–water partition coefficient (Wildman–Crippen LogP) is 3.02. The van der Waals surface area contributed by atoms with Crippen LogP contribution in [0.25, 0.3) is 21.9 Å². The monoisotopic (exact) mass is 429 g/mol. The van der Waals surface area contributed by atoms with Crippen molar-refractivity contribution in [2.45, 2.75) is 18.6 Å². The lowest BCUT2D eigenvalue weighted by Gasteiger charge is -2.11. The summed E-state index contributed by atoms with van der Waals surface area (Å²) >= 11 is 2.60. The normalized spacial score (nSPS) is 11.4. The topological polar surface area (TPSA) is 102 Å². The zero-order valence-corrected chi connectivity index (χ0v) is 17.5. The van der Waals surface area contributed by atoms with Crippen LogP contribution in [0.4, 0.5) is 5.13 Å². The van der Waals surface area contributed by atoms with Crippen LogP contribution in [0.5, 0.6) is 0 Å². The number of methoxy groups -OCH3 is 1. The Morgan fingerprint density at radius 3 is 2.93 bits per heavy atom. The number of para-hydroxylation sites is 1. The number of aromatic nitrogens is 4. The van der Waals surface area contributed by atoms with Crippen LogP contribution in [-0.4, -0.2) is 44.9 Å².